The molecular weight excluding hydrogens is 182 g/mol. The summed E-state index contributed by atoms with van der Waals surface area (Å²) in [6.07, 6.45) is 5.63. The fraction of sp³-hybridized carbons (Fsp3) is 1.00. The van der Waals surface area contributed by atoms with Gasteiger partial charge in [-0.2, -0.15) is 0 Å². The first kappa shape index (κ1) is 11.4. The van der Waals surface area contributed by atoms with Crippen LogP contribution in [0, 0.1) is 23.2 Å². The molecule has 2 aliphatic rings. The Morgan fingerprint density at radius 2 is 1.87 bits per heavy atom. The molecule has 0 aromatic heterocycles. The molecular formula is C14H27N. The largest absolute Gasteiger partial charge is 0.313 e. The summed E-state index contributed by atoms with van der Waals surface area (Å²) < 4.78 is 0. The molecule has 4 atom stereocenters. The first-order valence-electron chi connectivity index (χ1n) is 6.71. The lowest BCUT2D eigenvalue weighted by Crippen LogP contribution is -2.42. The molecule has 0 aromatic carbocycles. The molecule has 1 nitrogen and oxygen atoms in total. The molecule has 2 rings (SSSR count). The van der Waals surface area contributed by atoms with Gasteiger partial charge >= 0.3 is 0 Å². The molecule has 1 N–H and O–H groups in total. The van der Waals surface area contributed by atoms with Crippen LogP contribution in [-0.2, 0) is 0 Å². The molecule has 0 aromatic rings. The number of hydrogen-bond acceptors (Lipinski definition) is 1. The summed E-state index contributed by atoms with van der Waals surface area (Å²) in [4.78, 5) is 0. The van der Waals surface area contributed by atoms with Crippen molar-refractivity contribution < 1.29 is 0 Å². The Balaban J connectivity index is 1.74. The van der Waals surface area contributed by atoms with E-state index < -0.39 is 0 Å². The zero-order chi connectivity index (χ0) is 11.1. The standard InChI is InChI=1S/C14H27N/c1-10-7-12(10)9-15-13-5-6-14(3,4)8-11(13)2/h10-13,15H,5-9H2,1-4H3. The molecule has 4 unspecified atom stereocenters. The van der Waals surface area contributed by atoms with E-state index in [-0.39, 0.29) is 0 Å². The van der Waals surface area contributed by atoms with Crippen molar-refractivity contribution in [2.75, 3.05) is 6.54 Å². The number of hydrogen-bond donors (Lipinski definition) is 1. The van der Waals surface area contributed by atoms with Crippen molar-refractivity contribution in [3.05, 3.63) is 0 Å². The summed E-state index contributed by atoms with van der Waals surface area (Å²) in [6.45, 7) is 10.9. The van der Waals surface area contributed by atoms with Crippen LogP contribution in [0.25, 0.3) is 0 Å². The molecule has 0 saturated heterocycles. The summed E-state index contributed by atoms with van der Waals surface area (Å²) in [5, 5.41) is 3.80. The van der Waals surface area contributed by atoms with E-state index in [1.165, 1.54) is 32.2 Å². The van der Waals surface area contributed by atoms with Crippen LogP contribution in [0.4, 0.5) is 0 Å². The highest BCUT2D eigenvalue weighted by Gasteiger charge is 2.35. The molecule has 0 heterocycles. The minimum absolute atomic E-state index is 0.588. The lowest BCUT2D eigenvalue weighted by atomic mass is 9.70. The van der Waals surface area contributed by atoms with Gasteiger partial charge in [0.05, 0.1) is 0 Å². The quantitative estimate of drug-likeness (QED) is 0.750. The molecule has 88 valence electrons. The van der Waals surface area contributed by atoms with Gasteiger partial charge in [-0.15, -0.1) is 0 Å². The molecule has 2 aliphatic carbocycles. The van der Waals surface area contributed by atoms with Crippen molar-refractivity contribution in [1.29, 1.82) is 0 Å². The first-order chi connectivity index (χ1) is 6.98. The van der Waals surface area contributed by atoms with Crippen molar-refractivity contribution in [2.24, 2.45) is 23.2 Å². The van der Waals surface area contributed by atoms with E-state index in [9.17, 15) is 0 Å². The maximum atomic E-state index is 3.80. The minimum Gasteiger partial charge on any atom is -0.313 e. The molecule has 2 saturated carbocycles. The minimum atomic E-state index is 0.588. The number of nitrogens with one attached hydrogen (secondary N) is 1. The van der Waals surface area contributed by atoms with Crippen LogP contribution in [-0.4, -0.2) is 12.6 Å². The number of rotatable bonds is 3. The zero-order valence-electron chi connectivity index (χ0n) is 10.8. The van der Waals surface area contributed by atoms with E-state index in [0.29, 0.717) is 5.41 Å². The Bertz CT molecular complexity index is 221. The molecule has 0 amide bonds. The highest BCUT2D eigenvalue weighted by molar-refractivity contribution is 4.90. The Labute approximate surface area is 95.0 Å². The summed E-state index contributed by atoms with van der Waals surface area (Å²) in [7, 11) is 0. The highest BCUT2D eigenvalue weighted by Crippen LogP contribution is 2.40. The van der Waals surface area contributed by atoms with Crippen molar-refractivity contribution >= 4 is 0 Å². The second-order valence-corrected chi connectivity index (χ2v) is 6.87. The van der Waals surface area contributed by atoms with Gasteiger partial charge in [0.15, 0.2) is 0 Å². The molecule has 0 radical (unpaired) electrons. The Hall–Kier alpha value is -0.0400. The van der Waals surface area contributed by atoms with Gasteiger partial charge in [0, 0.05) is 6.04 Å². The monoisotopic (exact) mass is 209 g/mol. The van der Waals surface area contributed by atoms with Crippen molar-refractivity contribution in [1.82, 2.24) is 5.32 Å². The molecule has 0 bridgehead atoms. The van der Waals surface area contributed by atoms with Gasteiger partial charge in [0.2, 0.25) is 0 Å². The third kappa shape index (κ3) is 2.96. The van der Waals surface area contributed by atoms with Crippen LogP contribution in [0.1, 0.15) is 53.4 Å². The van der Waals surface area contributed by atoms with E-state index >= 15 is 0 Å². The molecule has 1 heteroatoms. The normalized spacial score (nSPS) is 44.0. The molecule has 0 aliphatic heterocycles. The molecule has 0 spiro atoms. The van der Waals surface area contributed by atoms with Crippen LogP contribution >= 0.6 is 0 Å². The smallest absolute Gasteiger partial charge is 0.00932 e. The third-order valence-corrected chi connectivity index (χ3v) is 4.61. The zero-order valence-corrected chi connectivity index (χ0v) is 10.8. The maximum Gasteiger partial charge on any atom is 0.00932 e. The lowest BCUT2D eigenvalue weighted by Gasteiger charge is -2.39. The van der Waals surface area contributed by atoms with Crippen LogP contribution in [0.3, 0.4) is 0 Å². The van der Waals surface area contributed by atoms with Gasteiger partial charge in [-0.3, -0.25) is 0 Å². The van der Waals surface area contributed by atoms with E-state index in [4.69, 9.17) is 0 Å². The fourth-order valence-corrected chi connectivity index (χ4v) is 3.24. The average molecular weight is 209 g/mol. The highest BCUT2D eigenvalue weighted by atomic mass is 14.9. The Morgan fingerprint density at radius 1 is 1.20 bits per heavy atom. The van der Waals surface area contributed by atoms with Crippen molar-refractivity contribution in [3.8, 4) is 0 Å². The third-order valence-electron chi connectivity index (χ3n) is 4.61. The van der Waals surface area contributed by atoms with Gasteiger partial charge in [0.1, 0.15) is 0 Å². The fourth-order valence-electron chi connectivity index (χ4n) is 3.24. The topological polar surface area (TPSA) is 12.0 Å². The van der Waals surface area contributed by atoms with Gasteiger partial charge in [-0.1, -0.05) is 27.7 Å². The SMILES string of the molecule is CC1CC1CNC1CCC(C)(C)CC1C. The van der Waals surface area contributed by atoms with Crippen LogP contribution in [0.5, 0.6) is 0 Å². The van der Waals surface area contributed by atoms with Gasteiger partial charge in [-0.25, -0.2) is 0 Å². The summed E-state index contributed by atoms with van der Waals surface area (Å²) in [5.74, 6) is 2.85. The molecule has 15 heavy (non-hydrogen) atoms. The van der Waals surface area contributed by atoms with Gasteiger partial charge in [0.25, 0.3) is 0 Å². The summed E-state index contributed by atoms with van der Waals surface area (Å²) in [5.41, 5.74) is 0.588. The van der Waals surface area contributed by atoms with Crippen LogP contribution in [0.15, 0.2) is 0 Å². The van der Waals surface area contributed by atoms with E-state index in [2.05, 4.69) is 33.0 Å². The lowest BCUT2D eigenvalue weighted by molar-refractivity contribution is 0.148. The Morgan fingerprint density at radius 3 is 2.40 bits per heavy atom. The Kier molecular flexibility index (Phi) is 3.12. The molecule has 2 fully saturated rings. The van der Waals surface area contributed by atoms with Gasteiger partial charge in [-0.05, 0) is 55.4 Å². The van der Waals surface area contributed by atoms with Crippen LogP contribution < -0.4 is 5.32 Å². The van der Waals surface area contributed by atoms with Gasteiger partial charge < -0.3 is 5.32 Å². The summed E-state index contributed by atoms with van der Waals surface area (Å²) >= 11 is 0. The van der Waals surface area contributed by atoms with Crippen molar-refractivity contribution in [2.45, 2.75) is 59.4 Å². The summed E-state index contributed by atoms with van der Waals surface area (Å²) in [6, 6.07) is 0.797. The second-order valence-electron chi connectivity index (χ2n) is 6.87. The van der Waals surface area contributed by atoms with E-state index in [1.807, 2.05) is 0 Å². The van der Waals surface area contributed by atoms with Crippen LogP contribution in [0.2, 0.25) is 0 Å². The second kappa shape index (κ2) is 4.08. The maximum absolute atomic E-state index is 3.80. The predicted molar refractivity (Wildman–Crippen MR) is 65.9 cm³/mol. The van der Waals surface area contributed by atoms with E-state index in [1.54, 1.807) is 0 Å². The van der Waals surface area contributed by atoms with E-state index in [0.717, 1.165) is 23.8 Å². The predicted octanol–water partition coefficient (Wildman–Crippen LogP) is 3.45. The first-order valence-corrected chi connectivity index (χ1v) is 6.71. The average Bonchev–Trinajstić information content (AvgIpc) is 2.79. The van der Waals surface area contributed by atoms with Crippen molar-refractivity contribution in [3.63, 3.8) is 0 Å².